The van der Waals surface area contributed by atoms with E-state index in [1.807, 2.05) is 83.1 Å². The van der Waals surface area contributed by atoms with Crippen LogP contribution in [0.15, 0.2) is 0 Å². The standard InChI is InChI=1S/C49H90O19/c1-23-48(31-57-36(51)61-65-44(15,16)25-40(3,4)5,32-58-37(52)62-66-45(17,18)26-41(6,7)8)29-55-35(50)56-30-49(24-2,33-59-38(53)63-67-46(19,20)27-42(9,10)11)34-60-39(54)64-68-47(21,22)28-43(12,13)14/h23-34H2,1-22H3. The summed E-state index contributed by atoms with van der Waals surface area (Å²) in [7, 11) is 0. The summed E-state index contributed by atoms with van der Waals surface area (Å²) < 4.78 is 32.7. The van der Waals surface area contributed by atoms with Gasteiger partial charge in [-0.15, -0.1) is 0 Å². The fraction of sp³-hybridized carbons (Fsp3) is 0.898. The Balaban J connectivity index is 6.29. The molecule has 19 heteroatoms. The van der Waals surface area contributed by atoms with Gasteiger partial charge in [0.15, 0.2) is 0 Å². The largest absolute Gasteiger partial charge is 0.540 e. The summed E-state index contributed by atoms with van der Waals surface area (Å²) in [5.41, 5.74) is -6.83. The molecule has 0 radical (unpaired) electrons. The Bertz CT molecular complexity index is 1360. The molecular formula is C49H90O19. The first kappa shape index (κ1) is 64.2. The maximum Gasteiger partial charge on any atom is 0.540 e. The molecule has 0 atom stereocenters. The maximum absolute atomic E-state index is 13.4. The van der Waals surface area contributed by atoms with Gasteiger partial charge in [-0.05, 0) is 116 Å². The molecular weight excluding hydrogens is 893 g/mol. The molecule has 0 N–H and O–H groups in total. The van der Waals surface area contributed by atoms with Gasteiger partial charge in [-0.1, -0.05) is 96.9 Å². The zero-order valence-electron chi connectivity index (χ0n) is 45.7. The van der Waals surface area contributed by atoms with Gasteiger partial charge >= 0.3 is 30.8 Å². The van der Waals surface area contributed by atoms with Gasteiger partial charge in [0.2, 0.25) is 0 Å². The van der Waals surface area contributed by atoms with E-state index in [4.69, 9.17) is 67.5 Å². The molecule has 0 rings (SSSR count). The first-order chi connectivity index (χ1) is 30.5. The molecule has 0 fully saturated rings. The topological polar surface area (TPSA) is 215 Å². The maximum atomic E-state index is 13.4. The van der Waals surface area contributed by atoms with Crippen molar-refractivity contribution < 1.29 is 91.5 Å². The van der Waals surface area contributed by atoms with Crippen molar-refractivity contribution in [3.05, 3.63) is 0 Å². The van der Waals surface area contributed by atoms with Crippen LogP contribution in [-0.4, -0.2) is 92.8 Å². The van der Waals surface area contributed by atoms with Crippen molar-refractivity contribution in [3.63, 3.8) is 0 Å². The van der Waals surface area contributed by atoms with Crippen LogP contribution in [0.2, 0.25) is 0 Å². The molecule has 0 aliphatic rings. The van der Waals surface area contributed by atoms with E-state index in [1.54, 1.807) is 69.2 Å². The molecule has 0 unspecified atom stereocenters. The van der Waals surface area contributed by atoms with Crippen LogP contribution < -0.4 is 0 Å². The zero-order chi connectivity index (χ0) is 53.3. The van der Waals surface area contributed by atoms with E-state index in [9.17, 15) is 24.0 Å². The van der Waals surface area contributed by atoms with Crippen LogP contribution in [0.3, 0.4) is 0 Å². The minimum atomic E-state index is -1.39. The second-order valence-corrected chi connectivity index (χ2v) is 25.3. The highest BCUT2D eigenvalue weighted by molar-refractivity contribution is 5.61. The SMILES string of the molecule is CCC(COC(=O)OCC(CC)(COC(=O)OOC(C)(C)CC(C)(C)C)COC(=O)OOC(C)(C)CC(C)(C)C)(COC(=O)OOC(C)(C)CC(C)(C)C)COC(=O)OOC(C)(C)CC(C)(C)C. The van der Waals surface area contributed by atoms with Crippen LogP contribution in [0.5, 0.6) is 0 Å². The third-order valence-electron chi connectivity index (χ3n) is 9.64. The van der Waals surface area contributed by atoms with E-state index < -0.39 is 104 Å². The molecule has 0 aromatic heterocycles. The third-order valence-corrected chi connectivity index (χ3v) is 9.64. The highest BCUT2D eigenvalue weighted by atomic mass is 17.3. The minimum absolute atomic E-state index is 0.113. The van der Waals surface area contributed by atoms with Crippen LogP contribution in [-0.2, 0) is 67.5 Å². The van der Waals surface area contributed by atoms with Gasteiger partial charge in [-0.2, -0.15) is 19.6 Å². The second kappa shape index (κ2) is 25.9. The molecule has 0 heterocycles. The van der Waals surface area contributed by atoms with Crippen LogP contribution in [0.25, 0.3) is 0 Å². The highest BCUT2D eigenvalue weighted by Crippen LogP contribution is 2.34. The summed E-state index contributed by atoms with van der Waals surface area (Å²) in [6, 6.07) is 0. The summed E-state index contributed by atoms with van der Waals surface area (Å²) in [5, 5.41) is 0. The average molecular weight is 983 g/mol. The van der Waals surface area contributed by atoms with E-state index in [1.165, 1.54) is 0 Å². The van der Waals surface area contributed by atoms with Crippen LogP contribution in [0.4, 0.5) is 24.0 Å². The highest BCUT2D eigenvalue weighted by Gasteiger charge is 2.40. The smallest absolute Gasteiger partial charge is 0.433 e. The van der Waals surface area contributed by atoms with Crippen LogP contribution in [0, 0.1) is 32.5 Å². The lowest BCUT2D eigenvalue weighted by Crippen LogP contribution is -2.41. The van der Waals surface area contributed by atoms with Crippen molar-refractivity contribution in [1.82, 2.24) is 0 Å². The first-order valence-electron chi connectivity index (χ1n) is 23.3. The normalized spacial score (nSPS) is 13.5. The van der Waals surface area contributed by atoms with E-state index in [-0.39, 0.29) is 34.5 Å². The summed E-state index contributed by atoms with van der Waals surface area (Å²) in [4.78, 5) is 106. The van der Waals surface area contributed by atoms with Crippen molar-refractivity contribution in [1.29, 1.82) is 0 Å². The molecule has 0 aliphatic carbocycles. The monoisotopic (exact) mass is 983 g/mol. The molecule has 0 bridgehead atoms. The Morgan fingerprint density at radius 3 is 0.588 bits per heavy atom. The van der Waals surface area contributed by atoms with Gasteiger partial charge in [0.1, 0.15) is 62.0 Å². The van der Waals surface area contributed by atoms with Crippen molar-refractivity contribution in [2.75, 3.05) is 39.6 Å². The van der Waals surface area contributed by atoms with Gasteiger partial charge in [-0.25, -0.2) is 24.0 Å². The first-order valence-corrected chi connectivity index (χ1v) is 23.3. The molecule has 400 valence electrons. The van der Waals surface area contributed by atoms with Crippen molar-refractivity contribution in [2.24, 2.45) is 32.5 Å². The third kappa shape index (κ3) is 31.3. The van der Waals surface area contributed by atoms with Crippen molar-refractivity contribution in [2.45, 2.75) is 213 Å². The van der Waals surface area contributed by atoms with Gasteiger partial charge < -0.3 is 28.4 Å². The number of ether oxygens (including phenoxy) is 6. The molecule has 0 amide bonds. The number of carbonyl (C=O) groups is 5. The lowest BCUT2D eigenvalue weighted by Gasteiger charge is -2.33. The zero-order valence-corrected chi connectivity index (χ0v) is 45.7. The molecule has 19 nitrogen and oxygen atoms in total. The number of carbonyl (C=O) groups excluding carboxylic acids is 5. The fourth-order valence-corrected chi connectivity index (χ4v) is 8.09. The number of hydrogen-bond donors (Lipinski definition) is 0. The van der Waals surface area contributed by atoms with Gasteiger partial charge in [0.25, 0.3) is 0 Å². The van der Waals surface area contributed by atoms with Crippen LogP contribution in [0.1, 0.15) is 191 Å². The van der Waals surface area contributed by atoms with E-state index in [0.29, 0.717) is 25.7 Å². The van der Waals surface area contributed by atoms with E-state index in [0.717, 1.165) is 0 Å². The Kier molecular flexibility index (Phi) is 24.4. The molecule has 0 saturated carbocycles. The van der Waals surface area contributed by atoms with E-state index in [2.05, 4.69) is 0 Å². The van der Waals surface area contributed by atoms with Gasteiger partial charge in [0.05, 0.1) is 10.8 Å². The predicted octanol–water partition coefficient (Wildman–Crippen LogP) is 13.1. The molecule has 0 aromatic rings. The number of rotatable bonds is 26. The molecule has 68 heavy (non-hydrogen) atoms. The summed E-state index contributed by atoms with van der Waals surface area (Å²) in [6.07, 6.45) is -3.65. The summed E-state index contributed by atoms with van der Waals surface area (Å²) in [5.74, 6) is 0. The molecule has 0 aliphatic heterocycles. The van der Waals surface area contributed by atoms with E-state index >= 15 is 0 Å². The Labute approximate surface area is 406 Å². The minimum Gasteiger partial charge on any atom is -0.433 e. The van der Waals surface area contributed by atoms with Crippen LogP contribution >= 0.6 is 0 Å². The average Bonchev–Trinajstić information content (AvgIpc) is 3.14. The molecule has 0 saturated heterocycles. The predicted molar refractivity (Wildman–Crippen MR) is 249 cm³/mol. The molecule has 0 spiro atoms. The lowest BCUT2D eigenvalue weighted by atomic mass is 9.84. The quantitative estimate of drug-likeness (QED) is 0.0341. The summed E-state index contributed by atoms with van der Waals surface area (Å²) in [6.45, 7) is 38.5. The fourth-order valence-electron chi connectivity index (χ4n) is 8.09. The Hall–Kier alpha value is -3.81. The van der Waals surface area contributed by atoms with Gasteiger partial charge in [0, 0.05) is 0 Å². The van der Waals surface area contributed by atoms with Gasteiger partial charge in [-0.3, -0.25) is 19.6 Å². The Morgan fingerprint density at radius 2 is 0.441 bits per heavy atom. The van der Waals surface area contributed by atoms with Crippen molar-refractivity contribution in [3.8, 4) is 0 Å². The lowest BCUT2D eigenvalue weighted by molar-refractivity contribution is -0.325. The number of hydrogen-bond acceptors (Lipinski definition) is 19. The Morgan fingerprint density at radius 1 is 0.279 bits per heavy atom. The second-order valence-electron chi connectivity index (χ2n) is 25.3. The molecule has 0 aromatic carbocycles. The van der Waals surface area contributed by atoms with Crippen molar-refractivity contribution >= 4 is 30.8 Å². The summed E-state index contributed by atoms with van der Waals surface area (Å²) >= 11 is 0.